The minimum atomic E-state index is -2.37. The van der Waals surface area contributed by atoms with Crippen LogP contribution in [0.4, 0.5) is 0 Å². The molecule has 1 unspecified atom stereocenters. The lowest BCUT2D eigenvalue weighted by molar-refractivity contribution is 0.409. The van der Waals surface area contributed by atoms with E-state index in [4.69, 9.17) is 20.9 Å². The molecule has 0 spiro atoms. The fourth-order valence-electron chi connectivity index (χ4n) is 0.652. The third kappa shape index (κ3) is 3.15. The molecule has 0 saturated heterocycles. The van der Waals surface area contributed by atoms with Crippen LogP contribution in [0, 0.1) is 0 Å². The second kappa shape index (κ2) is 4.28. The number of hydrogen-bond acceptors (Lipinski definition) is 3. The minimum absolute atomic E-state index is 0.692. The molecule has 66 valence electrons. The van der Waals surface area contributed by atoms with E-state index < -0.39 is 5.69 Å². The van der Waals surface area contributed by atoms with Gasteiger partial charge in [-0.05, 0) is 23.9 Å². The summed E-state index contributed by atoms with van der Waals surface area (Å²) in [6, 6.07) is 9.27. The van der Waals surface area contributed by atoms with Crippen molar-refractivity contribution in [2.24, 2.45) is 0 Å². The molecule has 2 nitrogen and oxygen atoms in total. The van der Waals surface area contributed by atoms with E-state index >= 15 is 0 Å². The molecule has 0 aliphatic carbocycles. The van der Waals surface area contributed by atoms with Crippen LogP contribution in [0.3, 0.4) is 0 Å². The first-order valence-corrected chi connectivity index (χ1v) is 7.06. The first kappa shape index (κ1) is 10.1. The average molecular weight is 220 g/mol. The van der Waals surface area contributed by atoms with Crippen molar-refractivity contribution < 1.29 is 9.05 Å². The van der Waals surface area contributed by atoms with E-state index in [1.165, 1.54) is 7.11 Å². The highest BCUT2D eigenvalue weighted by molar-refractivity contribution is 8.60. The number of benzene rings is 1. The van der Waals surface area contributed by atoms with E-state index in [1.54, 1.807) is 0 Å². The van der Waals surface area contributed by atoms with Gasteiger partial charge in [0.25, 0.3) is 5.69 Å². The average Bonchev–Trinajstić information content (AvgIpc) is 2.06. The van der Waals surface area contributed by atoms with E-state index in [2.05, 4.69) is 12.2 Å². The van der Waals surface area contributed by atoms with Gasteiger partial charge in [-0.2, -0.15) is 0 Å². The largest absolute Gasteiger partial charge is 0.436 e. The van der Waals surface area contributed by atoms with Crippen molar-refractivity contribution >= 4 is 29.7 Å². The molecule has 12 heavy (non-hydrogen) atoms. The van der Waals surface area contributed by atoms with E-state index in [0.29, 0.717) is 5.75 Å². The molecular formula is C7H9O2PS2. The standard InChI is InChI=1S/C7H9O2PS2/c1-8-10(11,12)9-7-5-3-2-4-6-7/h2-6H,1H3,(H,11,12). The maximum atomic E-state index is 5.32. The molecule has 0 amide bonds. The Morgan fingerprint density at radius 1 is 1.33 bits per heavy atom. The molecule has 0 N–H and O–H groups in total. The van der Waals surface area contributed by atoms with Crippen molar-refractivity contribution in [1.82, 2.24) is 0 Å². The van der Waals surface area contributed by atoms with Crippen LogP contribution in [0.1, 0.15) is 0 Å². The molecule has 0 heterocycles. The van der Waals surface area contributed by atoms with Gasteiger partial charge < -0.3 is 9.05 Å². The predicted molar refractivity (Wildman–Crippen MR) is 57.4 cm³/mol. The fourth-order valence-corrected chi connectivity index (χ4v) is 1.66. The molecule has 0 bridgehead atoms. The molecular weight excluding hydrogens is 211 g/mol. The zero-order valence-electron chi connectivity index (χ0n) is 6.51. The molecule has 0 aromatic heterocycles. The molecule has 0 radical (unpaired) electrons. The molecule has 0 fully saturated rings. The van der Waals surface area contributed by atoms with Crippen molar-refractivity contribution in [3.63, 3.8) is 0 Å². The van der Waals surface area contributed by atoms with Crippen LogP contribution in [-0.2, 0) is 16.3 Å². The molecule has 0 aliphatic rings. The lowest BCUT2D eigenvalue weighted by Gasteiger charge is -2.14. The highest BCUT2D eigenvalue weighted by atomic mass is 32.9. The van der Waals surface area contributed by atoms with Gasteiger partial charge in [0.2, 0.25) is 0 Å². The van der Waals surface area contributed by atoms with Crippen molar-refractivity contribution in [2.75, 3.05) is 7.11 Å². The summed E-state index contributed by atoms with van der Waals surface area (Å²) in [5.41, 5.74) is -2.37. The second-order valence-corrected chi connectivity index (χ2v) is 7.37. The first-order chi connectivity index (χ1) is 5.64. The van der Waals surface area contributed by atoms with Gasteiger partial charge in [0.1, 0.15) is 5.75 Å². The first-order valence-electron chi connectivity index (χ1n) is 3.27. The Morgan fingerprint density at radius 3 is 2.42 bits per heavy atom. The summed E-state index contributed by atoms with van der Waals surface area (Å²) in [5.74, 6) is 0.692. The normalized spacial score (nSPS) is 15.2. The summed E-state index contributed by atoms with van der Waals surface area (Å²) in [7, 11) is 1.50. The summed E-state index contributed by atoms with van der Waals surface area (Å²) < 4.78 is 10.2. The maximum Gasteiger partial charge on any atom is 0.294 e. The van der Waals surface area contributed by atoms with Gasteiger partial charge in [0, 0.05) is 7.11 Å². The van der Waals surface area contributed by atoms with Crippen molar-refractivity contribution in [2.45, 2.75) is 0 Å². The van der Waals surface area contributed by atoms with Crippen molar-refractivity contribution in [1.29, 1.82) is 0 Å². The number of thiol groups is 1. The van der Waals surface area contributed by atoms with Crippen LogP contribution < -0.4 is 4.52 Å². The van der Waals surface area contributed by atoms with Gasteiger partial charge in [-0.3, -0.25) is 0 Å². The SMILES string of the molecule is COP(=S)(S)Oc1ccccc1. The van der Waals surface area contributed by atoms with Gasteiger partial charge in [0.05, 0.1) is 0 Å². The van der Waals surface area contributed by atoms with Crippen molar-refractivity contribution in [3.8, 4) is 5.75 Å². The van der Waals surface area contributed by atoms with Gasteiger partial charge in [-0.1, -0.05) is 30.4 Å². The molecule has 1 aromatic carbocycles. The van der Waals surface area contributed by atoms with Crippen LogP contribution in [0.25, 0.3) is 0 Å². The van der Waals surface area contributed by atoms with E-state index in [9.17, 15) is 0 Å². The number of para-hydroxylation sites is 1. The zero-order valence-corrected chi connectivity index (χ0v) is 9.11. The summed E-state index contributed by atoms with van der Waals surface area (Å²) in [6.45, 7) is 0. The second-order valence-electron chi connectivity index (χ2n) is 2.06. The summed E-state index contributed by atoms with van der Waals surface area (Å²) in [5, 5.41) is 0. The molecule has 0 saturated carbocycles. The Labute approximate surface area is 82.2 Å². The Hall–Kier alpha value is -0.0200. The quantitative estimate of drug-likeness (QED) is 0.624. The fraction of sp³-hybridized carbons (Fsp3) is 0.143. The van der Waals surface area contributed by atoms with Gasteiger partial charge in [-0.15, -0.1) is 0 Å². The summed E-state index contributed by atoms with van der Waals surface area (Å²) in [4.78, 5) is 0. The third-order valence-corrected chi connectivity index (χ3v) is 3.50. The number of rotatable bonds is 3. The highest BCUT2D eigenvalue weighted by Crippen LogP contribution is 2.52. The molecule has 1 rings (SSSR count). The molecule has 0 aliphatic heterocycles. The Bertz CT molecular complexity index is 289. The lowest BCUT2D eigenvalue weighted by atomic mass is 10.3. The Balaban J connectivity index is 2.71. The topological polar surface area (TPSA) is 18.5 Å². The zero-order chi connectivity index (χ0) is 9.03. The highest BCUT2D eigenvalue weighted by Gasteiger charge is 2.11. The van der Waals surface area contributed by atoms with E-state index in [1.807, 2.05) is 30.3 Å². The summed E-state index contributed by atoms with van der Waals surface area (Å²) >= 11 is 9.04. The minimum Gasteiger partial charge on any atom is -0.436 e. The van der Waals surface area contributed by atoms with Crippen LogP contribution in [0.5, 0.6) is 5.75 Å². The maximum absolute atomic E-state index is 5.32. The summed E-state index contributed by atoms with van der Waals surface area (Å²) in [6.07, 6.45) is 0. The van der Waals surface area contributed by atoms with E-state index in [-0.39, 0.29) is 0 Å². The number of hydrogen-bond donors (Lipinski definition) is 1. The van der Waals surface area contributed by atoms with Gasteiger partial charge in [0.15, 0.2) is 0 Å². The predicted octanol–water partition coefficient (Wildman–Crippen LogP) is 2.87. The Morgan fingerprint density at radius 2 is 1.92 bits per heavy atom. The molecule has 1 aromatic rings. The molecule has 1 atom stereocenters. The van der Waals surface area contributed by atoms with Gasteiger partial charge in [-0.25, -0.2) is 0 Å². The monoisotopic (exact) mass is 220 g/mol. The van der Waals surface area contributed by atoms with Crippen LogP contribution in [-0.4, -0.2) is 7.11 Å². The van der Waals surface area contributed by atoms with Crippen LogP contribution >= 0.6 is 17.9 Å². The van der Waals surface area contributed by atoms with E-state index in [0.717, 1.165) is 0 Å². The smallest absolute Gasteiger partial charge is 0.294 e. The third-order valence-electron chi connectivity index (χ3n) is 1.19. The van der Waals surface area contributed by atoms with Crippen molar-refractivity contribution in [3.05, 3.63) is 30.3 Å². The Kier molecular flexibility index (Phi) is 3.59. The molecule has 5 heteroatoms. The lowest BCUT2D eigenvalue weighted by Crippen LogP contribution is -1.87. The van der Waals surface area contributed by atoms with Crippen LogP contribution in [0.15, 0.2) is 30.3 Å². The van der Waals surface area contributed by atoms with Gasteiger partial charge >= 0.3 is 0 Å². The van der Waals surface area contributed by atoms with Crippen LogP contribution in [0.2, 0.25) is 0 Å².